The molecule has 1 aromatic heterocycles. The Hall–Kier alpha value is -1.71. The molecule has 0 saturated carbocycles. The van der Waals surface area contributed by atoms with Crippen molar-refractivity contribution in [2.45, 2.75) is 6.42 Å². The quantitative estimate of drug-likeness (QED) is 0.716. The lowest BCUT2D eigenvalue weighted by molar-refractivity contribution is 0.544. The van der Waals surface area contributed by atoms with Crippen molar-refractivity contribution < 1.29 is 4.42 Å². The maximum Gasteiger partial charge on any atom is 0.199 e. The minimum Gasteiger partial charge on any atom is -0.440 e. The van der Waals surface area contributed by atoms with Gasteiger partial charge in [0.15, 0.2) is 11.5 Å². The Balaban J connectivity index is 1.97. The molecule has 2 aromatic carbocycles. The van der Waals surface area contributed by atoms with Crippen LogP contribution in [0.1, 0.15) is 11.5 Å². The number of nitrogens with two attached hydrogens (primary N) is 1. The van der Waals surface area contributed by atoms with Gasteiger partial charge in [-0.1, -0.05) is 35.3 Å². The molecule has 0 radical (unpaired) electrons. The Morgan fingerprint density at radius 2 is 2.00 bits per heavy atom. The number of anilines is 1. The third-order valence-electron chi connectivity index (χ3n) is 2.80. The van der Waals surface area contributed by atoms with Crippen LogP contribution in [0.25, 0.3) is 11.1 Å². The second-order valence-electron chi connectivity index (χ2n) is 4.26. The van der Waals surface area contributed by atoms with Gasteiger partial charge in [0.25, 0.3) is 0 Å². The van der Waals surface area contributed by atoms with Crippen LogP contribution >= 0.6 is 23.2 Å². The molecule has 0 saturated heterocycles. The first kappa shape index (κ1) is 12.3. The zero-order valence-corrected chi connectivity index (χ0v) is 11.4. The molecule has 0 aliphatic heterocycles. The second kappa shape index (κ2) is 4.76. The number of hydrogen-bond acceptors (Lipinski definition) is 3. The Kier molecular flexibility index (Phi) is 3.09. The number of oxazole rings is 1. The summed E-state index contributed by atoms with van der Waals surface area (Å²) in [5.41, 5.74) is 8.60. The lowest BCUT2D eigenvalue weighted by Crippen LogP contribution is -1.87. The van der Waals surface area contributed by atoms with E-state index in [1.807, 2.05) is 24.3 Å². The molecule has 96 valence electrons. The lowest BCUT2D eigenvalue weighted by Gasteiger charge is -1.97. The molecule has 0 unspecified atom stereocenters. The monoisotopic (exact) mass is 292 g/mol. The number of nitrogens with zero attached hydrogens (tertiary/aromatic N) is 1. The van der Waals surface area contributed by atoms with Crippen LogP contribution in [0.3, 0.4) is 0 Å². The zero-order valence-electron chi connectivity index (χ0n) is 9.86. The summed E-state index contributed by atoms with van der Waals surface area (Å²) in [5, 5.41) is 1.18. The van der Waals surface area contributed by atoms with Crippen LogP contribution in [-0.2, 0) is 6.42 Å². The Morgan fingerprint density at radius 1 is 1.16 bits per heavy atom. The predicted octanol–water partition coefficient (Wildman–Crippen LogP) is 4.31. The van der Waals surface area contributed by atoms with Gasteiger partial charge >= 0.3 is 0 Å². The molecular weight excluding hydrogens is 283 g/mol. The standard InChI is InChI=1S/C14H10Cl2N2O/c15-9-3-1-2-8(4-9)5-14-18-12-6-10(16)11(17)7-13(12)19-14/h1-4,6-7H,5,17H2. The fourth-order valence-corrected chi connectivity index (χ4v) is 2.28. The highest BCUT2D eigenvalue weighted by Crippen LogP contribution is 2.27. The number of rotatable bonds is 2. The molecule has 0 atom stereocenters. The largest absolute Gasteiger partial charge is 0.440 e. The highest BCUT2D eigenvalue weighted by atomic mass is 35.5. The second-order valence-corrected chi connectivity index (χ2v) is 5.10. The van der Waals surface area contributed by atoms with Gasteiger partial charge in [0, 0.05) is 17.5 Å². The molecule has 3 rings (SSSR count). The molecule has 2 N–H and O–H groups in total. The molecule has 19 heavy (non-hydrogen) atoms. The van der Waals surface area contributed by atoms with Crippen molar-refractivity contribution in [2.24, 2.45) is 0 Å². The van der Waals surface area contributed by atoms with Crippen molar-refractivity contribution in [3.05, 3.63) is 57.9 Å². The van der Waals surface area contributed by atoms with E-state index >= 15 is 0 Å². The summed E-state index contributed by atoms with van der Waals surface area (Å²) in [5.74, 6) is 0.610. The average Bonchev–Trinajstić information content (AvgIpc) is 2.71. The Morgan fingerprint density at radius 3 is 2.79 bits per heavy atom. The van der Waals surface area contributed by atoms with Gasteiger partial charge in [-0.3, -0.25) is 0 Å². The molecule has 5 heteroatoms. The van der Waals surface area contributed by atoms with E-state index in [-0.39, 0.29) is 0 Å². The Bertz CT molecular complexity index is 713. The fourth-order valence-electron chi connectivity index (χ4n) is 1.91. The van der Waals surface area contributed by atoms with Gasteiger partial charge in [0.2, 0.25) is 0 Å². The summed E-state index contributed by atoms with van der Waals surface area (Å²) < 4.78 is 5.65. The number of fused-ring (bicyclic) bond motifs is 1. The van der Waals surface area contributed by atoms with E-state index in [1.54, 1.807) is 12.1 Å². The zero-order chi connectivity index (χ0) is 13.4. The molecule has 0 fully saturated rings. The van der Waals surface area contributed by atoms with Crippen molar-refractivity contribution in [1.82, 2.24) is 4.98 Å². The summed E-state index contributed by atoms with van der Waals surface area (Å²) >= 11 is 11.9. The van der Waals surface area contributed by atoms with Gasteiger partial charge in [-0.15, -0.1) is 0 Å². The highest BCUT2D eigenvalue weighted by molar-refractivity contribution is 6.33. The van der Waals surface area contributed by atoms with Crippen molar-refractivity contribution >= 4 is 40.0 Å². The van der Waals surface area contributed by atoms with E-state index in [0.29, 0.717) is 39.1 Å². The smallest absolute Gasteiger partial charge is 0.199 e. The number of hydrogen-bond donors (Lipinski definition) is 1. The van der Waals surface area contributed by atoms with E-state index in [1.165, 1.54) is 0 Å². The number of halogens is 2. The van der Waals surface area contributed by atoms with Crippen molar-refractivity contribution in [1.29, 1.82) is 0 Å². The lowest BCUT2D eigenvalue weighted by atomic mass is 10.1. The first-order valence-electron chi connectivity index (χ1n) is 5.71. The minimum atomic E-state index is 0.482. The van der Waals surface area contributed by atoms with Crippen LogP contribution in [0.4, 0.5) is 5.69 Å². The van der Waals surface area contributed by atoms with Crippen LogP contribution in [-0.4, -0.2) is 4.98 Å². The maximum absolute atomic E-state index is 5.95. The molecule has 1 heterocycles. The number of benzene rings is 2. The van der Waals surface area contributed by atoms with Gasteiger partial charge in [0.05, 0.1) is 10.7 Å². The number of nitrogen functional groups attached to an aromatic ring is 1. The first-order valence-corrected chi connectivity index (χ1v) is 6.46. The molecule has 0 spiro atoms. The van der Waals surface area contributed by atoms with Crippen molar-refractivity contribution in [3.8, 4) is 0 Å². The van der Waals surface area contributed by atoms with E-state index < -0.39 is 0 Å². The maximum atomic E-state index is 5.95. The van der Waals surface area contributed by atoms with Gasteiger partial charge in [0.1, 0.15) is 5.52 Å². The summed E-state index contributed by atoms with van der Waals surface area (Å²) in [6.45, 7) is 0. The fraction of sp³-hybridized carbons (Fsp3) is 0.0714. The van der Waals surface area contributed by atoms with Gasteiger partial charge in [-0.2, -0.15) is 0 Å². The minimum absolute atomic E-state index is 0.482. The van der Waals surface area contributed by atoms with E-state index in [4.69, 9.17) is 33.4 Å². The average molecular weight is 293 g/mol. The van der Waals surface area contributed by atoms with Crippen LogP contribution in [0, 0.1) is 0 Å². The molecule has 3 aromatic rings. The van der Waals surface area contributed by atoms with Crippen LogP contribution in [0.15, 0.2) is 40.8 Å². The van der Waals surface area contributed by atoms with Gasteiger partial charge in [-0.25, -0.2) is 4.98 Å². The first-order chi connectivity index (χ1) is 9.11. The van der Waals surface area contributed by atoms with Crippen molar-refractivity contribution in [2.75, 3.05) is 5.73 Å². The third-order valence-corrected chi connectivity index (χ3v) is 3.36. The third kappa shape index (κ3) is 2.53. The highest BCUT2D eigenvalue weighted by Gasteiger charge is 2.09. The number of aromatic nitrogens is 1. The summed E-state index contributed by atoms with van der Waals surface area (Å²) in [6.07, 6.45) is 0.576. The van der Waals surface area contributed by atoms with E-state index in [2.05, 4.69) is 4.98 Å². The molecule has 0 amide bonds. The normalized spacial score (nSPS) is 11.1. The molecule has 0 aliphatic carbocycles. The molecule has 3 nitrogen and oxygen atoms in total. The van der Waals surface area contributed by atoms with Crippen molar-refractivity contribution in [3.63, 3.8) is 0 Å². The SMILES string of the molecule is Nc1cc2oc(Cc3cccc(Cl)c3)nc2cc1Cl. The Labute approximate surface area is 119 Å². The predicted molar refractivity (Wildman–Crippen MR) is 77.7 cm³/mol. The van der Waals surface area contributed by atoms with Crippen LogP contribution in [0.2, 0.25) is 10.0 Å². The van der Waals surface area contributed by atoms with Crippen LogP contribution < -0.4 is 5.73 Å². The van der Waals surface area contributed by atoms with Gasteiger partial charge < -0.3 is 10.2 Å². The summed E-state index contributed by atoms with van der Waals surface area (Å²) in [6, 6.07) is 11.0. The molecule has 0 bridgehead atoms. The van der Waals surface area contributed by atoms with Gasteiger partial charge in [-0.05, 0) is 23.8 Å². The summed E-state index contributed by atoms with van der Waals surface area (Å²) in [4.78, 5) is 4.39. The molecule has 0 aliphatic rings. The van der Waals surface area contributed by atoms with E-state index in [0.717, 1.165) is 5.56 Å². The van der Waals surface area contributed by atoms with Crippen LogP contribution in [0.5, 0.6) is 0 Å². The molecular formula is C14H10Cl2N2O. The topological polar surface area (TPSA) is 52.0 Å². The summed E-state index contributed by atoms with van der Waals surface area (Å²) in [7, 11) is 0. The van der Waals surface area contributed by atoms with E-state index in [9.17, 15) is 0 Å².